The molecule has 0 saturated carbocycles. The van der Waals surface area contributed by atoms with Crippen LogP contribution in [0.15, 0.2) is 66.0 Å². The van der Waals surface area contributed by atoms with E-state index in [4.69, 9.17) is 21.1 Å². The Bertz CT molecular complexity index is 1260. The molecule has 1 aromatic heterocycles. The Morgan fingerprint density at radius 3 is 2.48 bits per heavy atom. The third-order valence-corrected chi connectivity index (χ3v) is 5.11. The summed E-state index contributed by atoms with van der Waals surface area (Å²) in [5, 5.41) is 5.74. The molecular weight excluding hydrogens is 448 g/mol. The van der Waals surface area contributed by atoms with Crippen molar-refractivity contribution in [3.8, 4) is 0 Å². The molecule has 4 rings (SSSR count). The smallest absolute Gasteiger partial charge is 0.358 e. The van der Waals surface area contributed by atoms with Gasteiger partial charge in [0.1, 0.15) is 6.61 Å². The van der Waals surface area contributed by atoms with Gasteiger partial charge in [-0.2, -0.15) is 0 Å². The van der Waals surface area contributed by atoms with Crippen LogP contribution in [0.1, 0.15) is 29.0 Å². The summed E-state index contributed by atoms with van der Waals surface area (Å²) in [5.74, 6) is -1.40. The molecule has 10 heteroatoms. The van der Waals surface area contributed by atoms with E-state index in [9.17, 15) is 14.4 Å². The largest absolute Gasteiger partial charge is 0.463 e. The quantitative estimate of drug-likeness (QED) is 0.535. The highest BCUT2D eigenvalue weighted by atomic mass is 35.5. The van der Waals surface area contributed by atoms with Gasteiger partial charge in [-0.3, -0.25) is 4.98 Å². The molecule has 2 amide bonds. The van der Waals surface area contributed by atoms with Crippen molar-refractivity contribution < 1.29 is 23.9 Å². The molecule has 0 bridgehead atoms. The highest BCUT2D eigenvalue weighted by Gasteiger charge is 2.34. The van der Waals surface area contributed by atoms with Gasteiger partial charge < -0.3 is 20.1 Å². The van der Waals surface area contributed by atoms with Gasteiger partial charge in [0.15, 0.2) is 5.69 Å². The van der Waals surface area contributed by atoms with E-state index < -0.39 is 24.0 Å². The molecule has 1 atom stereocenters. The van der Waals surface area contributed by atoms with Gasteiger partial charge in [-0.15, -0.1) is 0 Å². The minimum atomic E-state index is -0.816. The number of halogens is 1. The lowest BCUT2D eigenvalue weighted by molar-refractivity contribution is -0.139. The van der Waals surface area contributed by atoms with E-state index in [0.29, 0.717) is 21.6 Å². The predicted molar refractivity (Wildman–Crippen MR) is 119 cm³/mol. The molecular formula is C23H19ClN4O5. The van der Waals surface area contributed by atoms with Crippen LogP contribution in [0.3, 0.4) is 0 Å². The highest BCUT2D eigenvalue weighted by Crippen LogP contribution is 2.29. The number of fused-ring (bicyclic) bond motifs is 1. The van der Waals surface area contributed by atoms with Crippen molar-refractivity contribution >= 4 is 40.6 Å². The van der Waals surface area contributed by atoms with Gasteiger partial charge in [0, 0.05) is 5.02 Å². The second kappa shape index (κ2) is 9.66. The number of nitrogens with one attached hydrogen (secondary N) is 2. The Morgan fingerprint density at radius 1 is 1.03 bits per heavy atom. The van der Waals surface area contributed by atoms with Crippen molar-refractivity contribution in [2.75, 3.05) is 13.2 Å². The number of hydrogen-bond acceptors (Lipinski definition) is 7. The topological polar surface area (TPSA) is 120 Å². The molecule has 0 saturated heterocycles. The predicted octanol–water partition coefficient (Wildman–Crippen LogP) is 3.31. The summed E-state index contributed by atoms with van der Waals surface area (Å²) >= 11 is 5.96. The molecule has 0 aliphatic carbocycles. The summed E-state index contributed by atoms with van der Waals surface area (Å²) in [6.45, 7) is 1.42. The van der Waals surface area contributed by atoms with Crippen LogP contribution in [0.4, 0.5) is 4.79 Å². The number of carbonyl (C=O) groups excluding carboxylic acids is 3. The highest BCUT2D eigenvalue weighted by molar-refractivity contribution is 6.30. The van der Waals surface area contributed by atoms with Gasteiger partial charge in [0.05, 0.1) is 41.1 Å². The van der Waals surface area contributed by atoms with Crippen molar-refractivity contribution in [2.24, 2.45) is 0 Å². The second-order valence-electron chi connectivity index (χ2n) is 7.02. The van der Waals surface area contributed by atoms with Crippen LogP contribution in [-0.2, 0) is 14.3 Å². The van der Waals surface area contributed by atoms with Gasteiger partial charge in [-0.05, 0) is 36.8 Å². The molecule has 0 spiro atoms. The van der Waals surface area contributed by atoms with Gasteiger partial charge >= 0.3 is 18.0 Å². The molecule has 2 heterocycles. The van der Waals surface area contributed by atoms with Crippen LogP contribution < -0.4 is 10.6 Å². The van der Waals surface area contributed by atoms with Crippen molar-refractivity contribution in [1.29, 1.82) is 0 Å². The molecule has 2 N–H and O–H groups in total. The molecule has 0 unspecified atom stereocenters. The van der Waals surface area contributed by atoms with Gasteiger partial charge in [0.2, 0.25) is 0 Å². The second-order valence-corrected chi connectivity index (χ2v) is 7.45. The molecule has 168 valence electrons. The Labute approximate surface area is 193 Å². The number of rotatable bonds is 6. The number of ether oxygens (including phenoxy) is 2. The van der Waals surface area contributed by atoms with E-state index in [1.165, 1.54) is 6.20 Å². The summed E-state index contributed by atoms with van der Waals surface area (Å²) in [5.41, 5.74) is 2.02. The average molecular weight is 467 g/mol. The fourth-order valence-corrected chi connectivity index (χ4v) is 3.48. The molecule has 0 radical (unpaired) electrons. The number of hydrogen-bond donors (Lipinski definition) is 2. The summed E-state index contributed by atoms with van der Waals surface area (Å²) in [7, 11) is 0. The van der Waals surface area contributed by atoms with Gasteiger partial charge in [0.25, 0.3) is 0 Å². The fourth-order valence-electron chi connectivity index (χ4n) is 3.35. The minimum Gasteiger partial charge on any atom is -0.463 e. The average Bonchev–Trinajstić information content (AvgIpc) is 2.82. The number of esters is 2. The maximum atomic E-state index is 12.8. The van der Waals surface area contributed by atoms with Crippen LogP contribution in [0.25, 0.3) is 11.0 Å². The lowest BCUT2D eigenvalue weighted by Crippen LogP contribution is -2.47. The van der Waals surface area contributed by atoms with Crippen molar-refractivity contribution in [2.45, 2.75) is 13.0 Å². The molecule has 0 fully saturated rings. The normalized spacial score (nSPS) is 15.6. The maximum absolute atomic E-state index is 12.8. The number of benzene rings is 2. The van der Waals surface area contributed by atoms with Crippen LogP contribution in [-0.4, -0.2) is 41.2 Å². The number of urea groups is 1. The van der Waals surface area contributed by atoms with Crippen molar-refractivity contribution in [3.05, 3.63) is 82.3 Å². The van der Waals surface area contributed by atoms with E-state index >= 15 is 0 Å². The van der Waals surface area contributed by atoms with Crippen LogP contribution >= 0.6 is 11.6 Å². The fraction of sp³-hybridized carbons (Fsp3) is 0.174. The molecule has 1 aliphatic rings. The Morgan fingerprint density at radius 2 is 1.76 bits per heavy atom. The Kier molecular flexibility index (Phi) is 6.50. The third kappa shape index (κ3) is 4.93. The standard InChI is InChI=1S/C23H19ClN4O5/c1-2-32-22(30)19-18(27-23(31)28-20(19)13-7-9-14(24)10-8-13)12-33-21(29)17-11-25-15-5-3-4-6-16(15)26-17/h3-11,20H,2,12H2,1H3,(H2,27,28,31)/t20-/m0/s1. The monoisotopic (exact) mass is 466 g/mol. The first kappa shape index (κ1) is 22.2. The summed E-state index contributed by atoms with van der Waals surface area (Å²) in [4.78, 5) is 46.1. The summed E-state index contributed by atoms with van der Waals surface area (Å²) < 4.78 is 10.5. The van der Waals surface area contributed by atoms with E-state index in [0.717, 1.165) is 0 Å². The van der Waals surface area contributed by atoms with Crippen LogP contribution in [0.2, 0.25) is 5.02 Å². The first-order chi connectivity index (χ1) is 16.0. The maximum Gasteiger partial charge on any atom is 0.358 e. The molecule has 2 aromatic carbocycles. The van der Waals surface area contributed by atoms with Crippen molar-refractivity contribution in [3.63, 3.8) is 0 Å². The number of amides is 2. The number of para-hydroxylation sites is 2. The molecule has 1 aliphatic heterocycles. The minimum absolute atomic E-state index is 0.00139. The van der Waals surface area contributed by atoms with Gasteiger partial charge in [-0.25, -0.2) is 19.4 Å². The van der Waals surface area contributed by atoms with Crippen LogP contribution in [0, 0.1) is 0 Å². The number of aromatic nitrogens is 2. The first-order valence-corrected chi connectivity index (χ1v) is 10.5. The zero-order valence-electron chi connectivity index (χ0n) is 17.5. The van der Waals surface area contributed by atoms with E-state index in [-0.39, 0.29) is 30.2 Å². The first-order valence-electron chi connectivity index (χ1n) is 10.1. The van der Waals surface area contributed by atoms with E-state index in [1.807, 2.05) is 6.07 Å². The molecule has 33 heavy (non-hydrogen) atoms. The zero-order valence-corrected chi connectivity index (χ0v) is 18.3. The Hall–Kier alpha value is -3.98. The molecule has 9 nitrogen and oxygen atoms in total. The molecule has 3 aromatic rings. The SMILES string of the molecule is CCOC(=O)C1=C(COC(=O)c2cnc3ccccc3n2)NC(=O)N[C@H]1c1ccc(Cl)cc1. The lowest BCUT2D eigenvalue weighted by Gasteiger charge is -2.29. The number of nitrogens with zero attached hydrogens (tertiary/aromatic N) is 2. The number of carbonyl (C=O) groups is 3. The zero-order chi connectivity index (χ0) is 23.4. The Balaban J connectivity index is 1.63. The van der Waals surface area contributed by atoms with Crippen molar-refractivity contribution in [1.82, 2.24) is 20.6 Å². The van der Waals surface area contributed by atoms with E-state index in [1.54, 1.807) is 49.4 Å². The summed E-state index contributed by atoms with van der Waals surface area (Å²) in [6.07, 6.45) is 1.31. The third-order valence-electron chi connectivity index (χ3n) is 4.86. The van der Waals surface area contributed by atoms with Crippen LogP contribution in [0.5, 0.6) is 0 Å². The summed E-state index contributed by atoms with van der Waals surface area (Å²) in [6, 6.07) is 12.4. The van der Waals surface area contributed by atoms with Gasteiger partial charge in [-0.1, -0.05) is 35.9 Å². The van der Waals surface area contributed by atoms with E-state index in [2.05, 4.69) is 20.6 Å². The lowest BCUT2D eigenvalue weighted by atomic mass is 9.95.